The summed E-state index contributed by atoms with van der Waals surface area (Å²) < 4.78 is 26.3. The van der Waals surface area contributed by atoms with Crippen molar-refractivity contribution in [2.45, 2.75) is 49.0 Å². The zero-order chi connectivity index (χ0) is 12.9. The van der Waals surface area contributed by atoms with Gasteiger partial charge in [0.05, 0.1) is 11.9 Å². The minimum Gasteiger partial charge on any atom is -0.395 e. The van der Waals surface area contributed by atoms with E-state index >= 15 is 0 Å². The molecule has 1 unspecified atom stereocenters. The highest BCUT2D eigenvalue weighted by Gasteiger charge is 2.33. The Morgan fingerprint density at radius 2 is 1.94 bits per heavy atom. The summed E-state index contributed by atoms with van der Waals surface area (Å²) >= 11 is 1.76. The van der Waals surface area contributed by atoms with E-state index in [1.807, 2.05) is 0 Å². The molecule has 1 aliphatic rings. The first-order chi connectivity index (χ1) is 7.96. The molecule has 4 nitrogen and oxygen atoms in total. The Labute approximate surface area is 109 Å². The van der Waals surface area contributed by atoms with Gasteiger partial charge in [0.25, 0.3) is 0 Å². The number of aliphatic hydroxyl groups excluding tert-OH is 1. The van der Waals surface area contributed by atoms with Crippen molar-refractivity contribution in [1.29, 1.82) is 0 Å². The largest absolute Gasteiger partial charge is 0.395 e. The van der Waals surface area contributed by atoms with Crippen LogP contribution in [0.3, 0.4) is 0 Å². The average Bonchev–Trinajstić information content (AvgIpc) is 2.36. The van der Waals surface area contributed by atoms with Gasteiger partial charge in [-0.3, -0.25) is 0 Å². The van der Waals surface area contributed by atoms with Gasteiger partial charge in [-0.1, -0.05) is 19.3 Å². The van der Waals surface area contributed by atoms with Gasteiger partial charge in [-0.25, -0.2) is 13.1 Å². The number of hydrogen-bond donors (Lipinski definition) is 2. The van der Waals surface area contributed by atoms with Crippen LogP contribution in [0, 0.1) is 0 Å². The molecule has 102 valence electrons. The van der Waals surface area contributed by atoms with Gasteiger partial charge in [0, 0.05) is 11.3 Å². The molecule has 6 heteroatoms. The lowest BCUT2D eigenvalue weighted by Crippen LogP contribution is -2.44. The minimum absolute atomic E-state index is 0.0560. The molecule has 0 aromatic rings. The van der Waals surface area contributed by atoms with E-state index in [9.17, 15) is 8.42 Å². The number of hydrogen-bond acceptors (Lipinski definition) is 4. The topological polar surface area (TPSA) is 66.4 Å². The van der Waals surface area contributed by atoms with E-state index < -0.39 is 15.3 Å². The normalized spacial score (nSPS) is 22.3. The molecule has 0 aromatic carbocycles. The Hall–Kier alpha value is 0.220. The van der Waals surface area contributed by atoms with Crippen molar-refractivity contribution in [3.05, 3.63) is 0 Å². The molecule has 2 N–H and O–H groups in total. The standard InChI is InChI=1S/C11H23NO3S2/c1-10(8-13)17(14,15)12-9-11(16-2)6-4-3-5-7-11/h10,12-13H,3-9H2,1-2H3. The second-order valence-corrected chi connectivity index (χ2v) is 8.26. The summed E-state index contributed by atoms with van der Waals surface area (Å²) in [7, 11) is -3.37. The van der Waals surface area contributed by atoms with Crippen molar-refractivity contribution in [2.24, 2.45) is 0 Å². The van der Waals surface area contributed by atoms with E-state index in [-0.39, 0.29) is 11.4 Å². The zero-order valence-corrected chi connectivity index (χ0v) is 12.2. The molecule has 0 amide bonds. The van der Waals surface area contributed by atoms with Crippen LogP contribution in [-0.4, -0.2) is 42.9 Å². The molecule has 0 bridgehead atoms. The predicted molar refractivity (Wildman–Crippen MR) is 72.8 cm³/mol. The molecule has 1 atom stereocenters. The van der Waals surface area contributed by atoms with Crippen LogP contribution in [0.5, 0.6) is 0 Å². The van der Waals surface area contributed by atoms with E-state index in [0.29, 0.717) is 6.54 Å². The second kappa shape index (κ2) is 6.41. The van der Waals surface area contributed by atoms with E-state index in [2.05, 4.69) is 11.0 Å². The van der Waals surface area contributed by atoms with Crippen molar-refractivity contribution in [3.63, 3.8) is 0 Å². The lowest BCUT2D eigenvalue weighted by atomic mass is 9.88. The van der Waals surface area contributed by atoms with Crippen molar-refractivity contribution in [1.82, 2.24) is 4.72 Å². The molecule has 0 spiro atoms. The smallest absolute Gasteiger partial charge is 0.216 e. The Kier molecular flexibility index (Phi) is 5.76. The Balaban J connectivity index is 2.58. The van der Waals surface area contributed by atoms with Crippen LogP contribution >= 0.6 is 11.8 Å². The molecule has 0 heterocycles. The Morgan fingerprint density at radius 1 is 1.35 bits per heavy atom. The predicted octanol–water partition coefficient (Wildman–Crippen LogP) is 1.35. The van der Waals surface area contributed by atoms with Crippen LogP contribution in [-0.2, 0) is 10.0 Å². The van der Waals surface area contributed by atoms with Crippen molar-refractivity contribution in [2.75, 3.05) is 19.4 Å². The third kappa shape index (κ3) is 4.12. The summed E-state index contributed by atoms with van der Waals surface area (Å²) in [6.45, 7) is 1.68. The fourth-order valence-corrected chi connectivity index (χ4v) is 4.08. The van der Waals surface area contributed by atoms with Crippen LogP contribution in [0.2, 0.25) is 0 Å². The van der Waals surface area contributed by atoms with Gasteiger partial charge in [-0.15, -0.1) is 0 Å². The molecule has 17 heavy (non-hydrogen) atoms. The van der Waals surface area contributed by atoms with Gasteiger partial charge in [-0.05, 0) is 26.0 Å². The summed E-state index contributed by atoms with van der Waals surface area (Å²) in [4.78, 5) is 0. The first kappa shape index (κ1) is 15.3. The third-order valence-electron chi connectivity index (χ3n) is 3.58. The van der Waals surface area contributed by atoms with E-state index in [1.54, 1.807) is 11.8 Å². The maximum Gasteiger partial charge on any atom is 0.216 e. The fourth-order valence-electron chi connectivity index (χ4n) is 2.12. The molecule has 0 aliphatic heterocycles. The number of thioether (sulfide) groups is 1. The molecule has 0 radical (unpaired) electrons. The number of sulfonamides is 1. The van der Waals surface area contributed by atoms with Crippen LogP contribution in [0.1, 0.15) is 39.0 Å². The molecule has 1 rings (SSSR count). The molecule has 1 saturated carbocycles. The first-order valence-electron chi connectivity index (χ1n) is 6.10. The minimum atomic E-state index is -3.37. The maximum atomic E-state index is 11.8. The summed E-state index contributed by atoms with van der Waals surface area (Å²) in [6, 6.07) is 0. The van der Waals surface area contributed by atoms with Crippen LogP contribution < -0.4 is 4.72 Å². The Morgan fingerprint density at radius 3 is 2.41 bits per heavy atom. The highest BCUT2D eigenvalue weighted by Crippen LogP contribution is 2.38. The van der Waals surface area contributed by atoms with Crippen LogP contribution in [0.15, 0.2) is 0 Å². The molecule has 1 aliphatic carbocycles. The molecular formula is C11H23NO3S2. The van der Waals surface area contributed by atoms with Crippen LogP contribution in [0.4, 0.5) is 0 Å². The maximum absolute atomic E-state index is 11.8. The van der Waals surface area contributed by atoms with Gasteiger partial charge < -0.3 is 5.11 Å². The molecular weight excluding hydrogens is 258 g/mol. The van der Waals surface area contributed by atoms with Gasteiger partial charge in [0.2, 0.25) is 10.0 Å². The van der Waals surface area contributed by atoms with Crippen molar-refractivity contribution in [3.8, 4) is 0 Å². The lowest BCUT2D eigenvalue weighted by Gasteiger charge is -2.36. The van der Waals surface area contributed by atoms with Gasteiger partial charge in [-0.2, -0.15) is 11.8 Å². The molecule has 0 saturated heterocycles. The highest BCUT2D eigenvalue weighted by atomic mass is 32.2. The van der Waals surface area contributed by atoms with E-state index in [1.165, 1.54) is 26.2 Å². The summed E-state index contributed by atoms with van der Waals surface area (Å²) in [6.07, 6.45) is 7.81. The average molecular weight is 281 g/mol. The SMILES string of the molecule is CSC1(CNS(=O)(=O)C(C)CO)CCCCC1. The van der Waals surface area contributed by atoms with Crippen molar-refractivity contribution >= 4 is 21.8 Å². The molecule has 1 fully saturated rings. The number of nitrogens with one attached hydrogen (secondary N) is 1. The summed E-state index contributed by atoms with van der Waals surface area (Å²) in [5.74, 6) is 0. The van der Waals surface area contributed by atoms with Gasteiger partial charge in [0.15, 0.2) is 0 Å². The van der Waals surface area contributed by atoms with Crippen molar-refractivity contribution < 1.29 is 13.5 Å². The number of rotatable bonds is 6. The Bertz CT molecular complexity index is 324. The van der Waals surface area contributed by atoms with Crippen LogP contribution in [0.25, 0.3) is 0 Å². The molecule has 0 aromatic heterocycles. The quantitative estimate of drug-likeness (QED) is 0.771. The number of aliphatic hydroxyl groups is 1. The van der Waals surface area contributed by atoms with Gasteiger partial charge in [0.1, 0.15) is 0 Å². The zero-order valence-electron chi connectivity index (χ0n) is 10.6. The second-order valence-electron chi connectivity index (χ2n) is 4.81. The summed E-state index contributed by atoms with van der Waals surface area (Å²) in [5, 5.41) is 8.17. The monoisotopic (exact) mass is 281 g/mol. The van der Waals surface area contributed by atoms with E-state index in [4.69, 9.17) is 5.11 Å². The lowest BCUT2D eigenvalue weighted by molar-refractivity contribution is 0.294. The highest BCUT2D eigenvalue weighted by molar-refractivity contribution is 8.00. The van der Waals surface area contributed by atoms with Gasteiger partial charge >= 0.3 is 0 Å². The van der Waals surface area contributed by atoms with E-state index in [0.717, 1.165) is 12.8 Å². The third-order valence-corrected chi connectivity index (χ3v) is 6.75. The summed E-state index contributed by atoms with van der Waals surface area (Å²) in [5.41, 5.74) is 0. The fraction of sp³-hybridized carbons (Fsp3) is 1.00. The first-order valence-corrected chi connectivity index (χ1v) is 8.87.